The molecule has 1 aromatic rings. The van der Waals surface area contributed by atoms with E-state index in [1.165, 1.54) is 24.3 Å². The minimum absolute atomic E-state index is 0.187. The quantitative estimate of drug-likeness (QED) is 0.488. The average molecular weight is 233 g/mol. The van der Waals surface area contributed by atoms with E-state index in [0.717, 1.165) is 0 Å². The predicted octanol–water partition coefficient (Wildman–Crippen LogP) is 1.90. The third-order valence-corrected chi connectivity index (χ3v) is 1.81. The summed E-state index contributed by atoms with van der Waals surface area (Å²) in [6.45, 7) is 1.83. The number of carbonyl (C=O) groups is 1. The van der Waals surface area contributed by atoms with Crippen LogP contribution in [0.25, 0.3) is 0 Å². The number of rotatable bonds is 4. The molecule has 0 aliphatic rings. The zero-order valence-electron chi connectivity index (χ0n) is 9.21. The second-order valence-electron chi connectivity index (χ2n) is 2.95. The molecule has 1 rings (SSSR count). The maximum Gasteiger partial charge on any atom is 0.377 e. The first kappa shape index (κ1) is 12.6. The average Bonchev–Trinajstić information content (AvgIpc) is 2.37. The van der Waals surface area contributed by atoms with Crippen molar-refractivity contribution < 1.29 is 19.4 Å². The molecule has 1 N–H and O–H groups in total. The Kier molecular flexibility index (Phi) is 4.58. The van der Waals surface area contributed by atoms with Crippen LogP contribution in [0, 0.1) is 11.3 Å². The minimum atomic E-state index is -0.751. The lowest BCUT2D eigenvalue weighted by Crippen LogP contribution is -2.12. The van der Waals surface area contributed by atoms with E-state index in [2.05, 4.69) is 4.74 Å². The molecule has 17 heavy (non-hydrogen) atoms. The van der Waals surface area contributed by atoms with Crippen LogP contribution in [0.4, 0.5) is 0 Å². The Morgan fingerprint density at radius 1 is 1.47 bits per heavy atom. The topological polar surface area (TPSA) is 79.6 Å². The van der Waals surface area contributed by atoms with Crippen molar-refractivity contribution in [3.8, 4) is 11.8 Å². The van der Waals surface area contributed by atoms with Crippen molar-refractivity contribution in [2.75, 3.05) is 6.61 Å². The number of hydrogen-bond acceptors (Lipinski definition) is 5. The molecule has 0 aliphatic carbocycles. The van der Waals surface area contributed by atoms with Crippen molar-refractivity contribution in [2.24, 2.45) is 0 Å². The van der Waals surface area contributed by atoms with Gasteiger partial charge in [-0.05, 0) is 31.2 Å². The molecule has 0 heterocycles. The molecule has 0 amide bonds. The smallest absolute Gasteiger partial charge is 0.377 e. The standard InChI is InChI=1S/C12H11NO4/c1-2-16-12(15)11(8-14)17-10-5-3-9(7-13)4-6-10/h3-6,8,14H,2H2,1H3/b11-8+. The molecule has 0 radical (unpaired) electrons. The number of nitriles is 1. The second kappa shape index (κ2) is 6.18. The van der Waals surface area contributed by atoms with Crippen LogP contribution in [0.1, 0.15) is 12.5 Å². The first-order valence-corrected chi connectivity index (χ1v) is 4.90. The van der Waals surface area contributed by atoms with Gasteiger partial charge >= 0.3 is 5.97 Å². The van der Waals surface area contributed by atoms with Gasteiger partial charge in [0.25, 0.3) is 0 Å². The first-order valence-electron chi connectivity index (χ1n) is 4.90. The summed E-state index contributed by atoms with van der Waals surface area (Å²) in [6, 6.07) is 8.06. The minimum Gasteiger partial charge on any atom is -0.511 e. The van der Waals surface area contributed by atoms with Gasteiger partial charge in [-0.2, -0.15) is 5.26 Å². The Balaban J connectivity index is 2.75. The monoisotopic (exact) mass is 233 g/mol. The molecular weight excluding hydrogens is 222 g/mol. The third-order valence-electron chi connectivity index (χ3n) is 1.81. The van der Waals surface area contributed by atoms with Crippen LogP contribution in [-0.2, 0) is 9.53 Å². The molecule has 5 nitrogen and oxygen atoms in total. The first-order chi connectivity index (χ1) is 8.21. The van der Waals surface area contributed by atoms with Gasteiger partial charge in [0.05, 0.1) is 18.2 Å². The lowest BCUT2D eigenvalue weighted by atomic mass is 10.2. The van der Waals surface area contributed by atoms with Crippen LogP contribution in [0.15, 0.2) is 36.3 Å². The lowest BCUT2D eigenvalue weighted by molar-refractivity contribution is -0.141. The van der Waals surface area contributed by atoms with Crippen molar-refractivity contribution in [1.82, 2.24) is 0 Å². The highest BCUT2D eigenvalue weighted by Crippen LogP contribution is 2.15. The third kappa shape index (κ3) is 3.54. The van der Waals surface area contributed by atoms with Gasteiger partial charge in [-0.15, -0.1) is 0 Å². The van der Waals surface area contributed by atoms with Crippen LogP contribution in [-0.4, -0.2) is 17.7 Å². The van der Waals surface area contributed by atoms with Crippen LogP contribution >= 0.6 is 0 Å². The fraction of sp³-hybridized carbons (Fsp3) is 0.167. The molecule has 0 spiro atoms. The Labute approximate surface area is 98.5 Å². The molecule has 5 heteroatoms. The van der Waals surface area contributed by atoms with Gasteiger partial charge in [-0.1, -0.05) is 0 Å². The molecule has 0 bridgehead atoms. The zero-order valence-corrected chi connectivity index (χ0v) is 9.21. The van der Waals surface area contributed by atoms with Gasteiger partial charge < -0.3 is 14.6 Å². The van der Waals surface area contributed by atoms with Crippen LogP contribution in [0.2, 0.25) is 0 Å². The summed E-state index contributed by atoms with van der Waals surface area (Å²) in [5.41, 5.74) is 0.475. The summed E-state index contributed by atoms with van der Waals surface area (Å²) in [7, 11) is 0. The predicted molar refractivity (Wildman–Crippen MR) is 59.1 cm³/mol. The Morgan fingerprint density at radius 2 is 2.12 bits per heavy atom. The molecule has 88 valence electrons. The van der Waals surface area contributed by atoms with E-state index in [4.69, 9.17) is 15.1 Å². The molecule has 1 aromatic carbocycles. The molecular formula is C12H11NO4. The van der Waals surface area contributed by atoms with Crippen molar-refractivity contribution in [2.45, 2.75) is 6.92 Å². The number of benzene rings is 1. The molecule has 0 fully saturated rings. The SMILES string of the molecule is CCOC(=O)/C(=C\O)Oc1ccc(C#N)cc1. The van der Waals surface area contributed by atoms with E-state index in [0.29, 0.717) is 17.6 Å². The van der Waals surface area contributed by atoms with Gasteiger partial charge in [0.2, 0.25) is 5.76 Å². The zero-order chi connectivity index (χ0) is 12.7. The number of nitrogens with zero attached hydrogens (tertiary/aromatic N) is 1. The fourth-order valence-electron chi connectivity index (χ4n) is 1.05. The van der Waals surface area contributed by atoms with E-state index in [1.54, 1.807) is 6.92 Å². The Bertz CT molecular complexity index is 456. The number of hydrogen-bond donors (Lipinski definition) is 1. The number of carbonyl (C=O) groups excluding carboxylic acids is 1. The molecule has 0 atom stereocenters. The highest BCUT2D eigenvalue weighted by atomic mass is 16.6. The maximum atomic E-state index is 11.3. The van der Waals surface area contributed by atoms with E-state index >= 15 is 0 Å². The largest absolute Gasteiger partial charge is 0.511 e. The maximum absolute atomic E-state index is 11.3. The molecule has 0 saturated carbocycles. The summed E-state index contributed by atoms with van der Waals surface area (Å²) >= 11 is 0. The number of aliphatic hydroxyl groups excluding tert-OH is 1. The van der Waals surface area contributed by atoms with Gasteiger partial charge in [0.15, 0.2) is 0 Å². The van der Waals surface area contributed by atoms with E-state index in [9.17, 15) is 4.79 Å². The van der Waals surface area contributed by atoms with Crippen molar-refractivity contribution >= 4 is 5.97 Å². The normalized spacial score (nSPS) is 10.5. The van der Waals surface area contributed by atoms with E-state index in [-0.39, 0.29) is 12.4 Å². The van der Waals surface area contributed by atoms with Crippen molar-refractivity contribution in [3.63, 3.8) is 0 Å². The van der Waals surface area contributed by atoms with Crippen LogP contribution < -0.4 is 4.74 Å². The fourth-order valence-corrected chi connectivity index (χ4v) is 1.05. The highest BCUT2D eigenvalue weighted by Gasteiger charge is 2.13. The van der Waals surface area contributed by atoms with Gasteiger partial charge in [-0.25, -0.2) is 4.79 Å². The Hall–Kier alpha value is -2.48. The van der Waals surface area contributed by atoms with Crippen molar-refractivity contribution in [3.05, 3.63) is 41.9 Å². The molecule has 0 aliphatic heterocycles. The second-order valence-corrected chi connectivity index (χ2v) is 2.95. The van der Waals surface area contributed by atoms with E-state index < -0.39 is 5.97 Å². The molecule has 0 unspecified atom stereocenters. The molecule has 0 aromatic heterocycles. The lowest BCUT2D eigenvalue weighted by Gasteiger charge is -2.07. The summed E-state index contributed by atoms with van der Waals surface area (Å²) in [5, 5.41) is 17.4. The highest BCUT2D eigenvalue weighted by molar-refractivity contribution is 5.86. The van der Waals surface area contributed by atoms with E-state index in [1.807, 2.05) is 6.07 Å². The van der Waals surface area contributed by atoms with Gasteiger partial charge in [0, 0.05) is 0 Å². The summed E-state index contributed by atoms with van der Waals surface area (Å²) in [4.78, 5) is 11.3. The van der Waals surface area contributed by atoms with Crippen molar-refractivity contribution in [1.29, 1.82) is 5.26 Å². The summed E-state index contributed by atoms with van der Waals surface area (Å²) in [6.07, 6.45) is 0.538. The molecule has 0 saturated heterocycles. The number of aliphatic hydroxyl groups is 1. The van der Waals surface area contributed by atoms with Crippen LogP contribution in [0.3, 0.4) is 0 Å². The Morgan fingerprint density at radius 3 is 2.59 bits per heavy atom. The summed E-state index contributed by atoms with van der Waals surface area (Å²) < 4.78 is 9.77. The summed E-state index contributed by atoms with van der Waals surface area (Å²) in [5.74, 6) is -0.728. The van der Waals surface area contributed by atoms with Gasteiger partial charge in [0.1, 0.15) is 12.0 Å². The van der Waals surface area contributed by atoms with Crippen LogP contribution in [0.5, 0.6) is 5.75 Å². The number of ether oxygens (including phenoxy) is 2. The van der Waals surface area contributed by atoms with Gasteiger partial charge in [-0.3, -0.25) is 0 Å². The number of esters is 1.